The zero-order chi connectivity index (χ0) is 22.4. The van der Waals surface area contributed by atoms with Crippen molar-refractivity contribution >= 4 is 0 Å². The van der Waals surface area contributed by atoms with Crippen molar-refractivity contribution in [3.63, 3.8) is 0 Å². The van der Waals surface area contributed by atoms with Crippen molar-refractivity contribution in [1.82, 2.24) is 9.80 Å². The first-order valence-corrected chi connectivity index (χ1v) is 14.5. The van der Waals surface area contributed by atoms with Crippen molar-refractivity contribution < 1.29 is 0 Å². The monoisotopic (exact) mass is 434 g/mol. The largest absolute Gasteiger partial charge is 0.356 e. The van der Waals surface area contributed by atoms with Crippen molar-refractivity contribution in [2.45, 2.75) is 162 Å². The van der Waals surface area contributed by atoms with Crippen LogP contribution in [0.2, 0.25) is 0 Å². The van der Waals surface area contributed by atoms with E-state index >= 15 is 0 Å². The van der Waals surface area contributed by atoms with E-state index in [0.717, 1.165) is 6.54 Å². The van der Waals surface area contributed by atoms with Gasteiger partial charge in [0.05, 0.1) is 0 Å². The molecule has 184 valence electrons. The molecule has 0 saturated heterocycles. The van der Waals surface area contributed by atoms with Gasteiger partial charge in [0, 0.05) is 25.5 Å². The molecule has 1 unspecified atom stereocenters. The molecule has 2 heteroatoms. The molecule has 0 spiro atoms. The molecule has 0 bridgehead atoms. The van der Waals surface area contributed by atoms with Gasteiger partial charge in [0.2, 0.25) is 0 Å². The summed E-state index contributed by atoms with van der Waals surface area (Å²) in [6.45, 7) is 9.31. The van der Waals surface area contributed by atoms with Gasteiger partial charge >= 0.3 is 0 Å². The minimum atomic E-state index is 0.637. The van der Waals surface area contributed by atoms with E-state index < -0.39 is 0 Å². The minimum absolute atomic E-state index is 0.637. The lowest BCUT2D eigenvalue weighted by Gasteiger charge is -2.32. The van der Waals surface area contributed by atoms with Gasteiger partial charge in [-0.05, 0) is 26.2 Å². The maximum atomic E-state index is 2.64. The predicted molar refractivity (Wildman–Crippen MR) is 140 cm³/mol. The third-order valence-corrected chi connectivity index (χ3v) is 7.17. The molecule has 1 aliphatic heterocycles. The molecule has 0 amide bonds. The first kappa shape index (κ1) is 28.4. The lowest BCUT2D eigenvalue weighted by Crippen LogP contribution is -2.38. The average Bonchev–Trinajstić information content (AvgIpc) is 3.18. The van der Waals surface area contributed by atoms with Crippen LogP contribution < -0.4 is 0 Å². The number of hydrogen-bond acceptors (Lipinski definition) is 2. The average molecular weight is 435 g/mol. The summed E-state index contributed by atoms with van der Waals surface area (Å²) in [7, 11) is 0. The van der Waals surface area contributed by atoms with Gasteiger partial charge in [-0.25, -0.2) is 0 Å². The van der Waals surface area contributed by atoms with Crippen LogP contribution in [0.3, 0.4) is 0 Å². The molecule has 2 nitrogen and oxygen atoms in total. The van der Waals surface area contributed by atoms with Gasteiger partial charge in [-0.1, -0.05) is 129 Å². The Morgan fingerprint density at radius 3 is 1.29 bits per heavy atom. The summed E-state index contributed by atoms with van der Waals surface area (Å²) in [4.78, 5) is 5.19. The molecule has 1 atom stereocenters. The highest BCUT2D eigenvalue weighted by molar-refractivity contribution is 4.96. The van der Waals surface area contributed by atoms with Crippen LogP contribution in [0, 0.1) is 0 Å². The molecule has 0 radical (unpaired) electrons. The fourth-order valence-electron chi connectivity index (χ4n) is 5.03. The van der Waals surface area contributed by atoms with E-state index in [1.54, 1.807) is 0 Å². The van der Waals surface area contributed by atoms with E-state index in [4.69, 9.17) is 0 Å². The third kappa shape index (κ3) is 14.9. The van der Waals surface area contributed by atoms with Crippen LogP contribution in [-0.2, 0) is 0 Å². The van der Waals surface area contributed by atoms with Crippen molar-refractivity contribution in [3.8, 4) is 0 Å². The van der Waals surface area contributed by atoms with Crippen molar-refractivity contribution in [2.75, 3.05) is 13.1 Å². The van der Waals surface area contributed by atoms with Gasteiger partial charge in [0.15, 0.2) is 0 Å². The molecule has 0 aromatic heterocycles. The Morgan fingerprint density at radius 1 is 0.452 bits per heavy atom. The second kappa shape index (κ2) is 21.2. The van der Waals surface area contributed by atoms with Crippen LogP contribution in [0.15, 0.2) is 12.4 Å². The summed E-state index contributed by atoms with van der Waals surface area (Å²) < 4.78 is 0. The first-order chi connectivity index (χ1) is 15.3. The molecule has 31 heavy (non-hydrogen) atoms. The second-order valence-corrected chi connectivity index (χ2v) is 10.00. The summed E-state index contributed by atoms with van der Waals surface area (Å²) in [6, 6.07) is 0. The van der Waals surface area contributed by atoms with Gasteiger partial charge in [-0.3, -0.25) is 0 Å². The Bertz CT molecular complexity index is 392. The number of unbranched alkanes of at least 4 members (excludes halogenated alkanes) is 18. The zero-order valence-electron chi connectivity index (χ0n) is 21.9. The lowest BCUT2D eigenvalue weighted by atomic mass is 10.0. The normalized spacial score (nSPS) is 16.0. The van der Waals surface area contributed by atoms with Crippen LogP contribution >= 0.6 is 0 Å². The Balaban J connectivity index is 1.99. The van der Waals surface area contributed by atoms with Crippen LogP contribution in [0.1, 0.15) is 156 Å². The molecule has 0 fully saturated rings. The van der Waals surface area contributed by atoms with Crippen molar-refractivity contribution in [3.05, 3.63) is 12.4 Å². The first-order valence-electron chi connectivity index (χ1n) is 14.5. The molecule has 0 aromatic carbocycles. The fourth-order valence-corrected chi connectivity index (χ4v) is 5.03. The SMILES string of the molecule is CCCCCCCCCCCCCCCN1C=CN(CC)C1CCCCCCCCC. The number of rotatable bonds is 23. The molecular formula is C29H58N2. The fraction of sp³-hybridized carbons (Fsp3) is 0.931. The summed E-state index contributed by atoms with van der Waals surface area (Å²) in [5, 5.41) is 0. The molecule has 1 heterocycles. The molecule has 0 aromatic rings. The van der Waals surface area contributed by atoms with Gasteiger partial charge in [0.1, 0.15) is 6.17 Å². The minimum Gasteiger partial charge on any atom is -0.356 e. The highest BCUT2D eigenvalue weighted by atomic mass is 15.4. The van der Waals surface area contributed by atoms with E-state index in [1.165, 1.54) is 141 Å². The summed E-state index contributed by atoms with van der Waals surface area (Å²) >= 11 is 0. The highest BCUT2D eigenvalue weighted by Crippen LogP contribution is 2.22. The molecule has 0 aliphatic carbocycles. The smallest absolute Gasteiger partial charge is 0.101 e. The van der Waals surface area contributed by atoms with Gasteiger partial charge in [-0.15, -0.1) is 0 Å². The Labute approximate surface area is 197 Å². The number of nitrogens with zero attached hydrogens (tertiary/aromatic N) is 2. The summed E-state index contributed by atoms with van der Waals surface area (Å²) in [5.74, 6) is 0. The predicted octanol–water partition coefficient (Wildman–Crippen LogP) is 9.65. The van der Waals surface area contributed by atoms with Crippen LogP contribution in [0.5, 0.6) is 0 Å². The van der Waals surface area contributed by atoms with E-state index in [-0.39, 0.29) is 0 Å². The van der Waals surface area contributed by atoms with Crippen molar-refractivity contribution in [1.29, 1.82) is 0 Å². The molecule has 0 N–H and O–H groups in total. The summed E-state index contributed by atoms with van der Waals surface area (Å²) in [6.07, 6.45) is 35.3. The van der Waals surface area contributed by atoms with E-state index in [0.29, 0.717) is 6.17 Å². The standard InChI is InChI=1S/C29H58N2/c1-4-7-9-11-13-14-15-16-17-18-20-22-24-26-31-28-27-30(6-3)29(31)25-23-21-19-12-10-8-5-2/h27-29H,4-26H2,1-3H3. The van der Waals surface area contributed by atoms with E-state index in [1.807, 2.05) is 0 Å². The summed E-state index contributed by atoms with van der Waals surface area (Å²) in [5.41, 5.74) is 0. The topological polar surface area (TPSA) is 6.48 Å². The number of hydrogen-bond donors (Lipinski definition) is 0. The molecule has 0 saturated carbocycles. The maximum absolute atomic E-state index is 2.64. The Hall–Kier alpha value is -0.660. The van der Waals surface area contributed by atoms with Gasteiger partial charge in [-0.2, -0.15) is 0 Å². The third-order valence-electron chi connectivity index (χ3n) is 7.17. The van der Waals surface area contributed by atoms with Crippen molar-refractivity contribution in [2.24, 2.45) is 0 Å². The van der Waals surface area contributed by atoms with Crippen LogP contribution in [0.4, 0.5) is 0 Å². The van der Waals surface area contributed by atoms with Crippen LogP contribution in [-0.4, -0.2) is 29.1 Å². The molecule has 1 aliphatic rings. The quantitative estimate of drug-likeness (QED) is 0.148. The van der Waals surface area contributed by atoms with Crippen LogP contribution in [0.25, 0.3) is 0 Å². The maximum Gasteiger partial charge on any atom is 0.101 e. The van der Waals surface area contributed by atoms with Gasteiger partial charge in [0.25, 0.3) is 0 Å². The van der Waals surface area contributed by atoms with E-state index in [9.17, 15) is 0 Å². The Kier molecular flexibility index (Phi) is 19.4. The molecule has 1 rings (SSSR count). The van der Waals surface area contributed by atoms with Gasteiger partial charge < -0.3 is 9.80 Å². The van der Waals surface area contributed by atoms with E-state index in [2.05, 4.69) is 43.0 Å². The Morgan fingerprint density at radius 2 is 0.839 bits per heavy atom. The highest BCUT2D eigenvalue weighted by Gasteiger charge is 2.23. The zero-order valence-corrected chi connectivity index (χ0v) is 21.9. The lowest BCUT2D eigenvalue weighted by molar-refractivity contribution is 0.142. The second-order valence-electron chi connectivity index (χ2n) is 10.00. The molecular weight excluding hydrogens is 376 g/mol.